The van der Waals surface area contributed by atoms with Gasteiger partial charge < -0.3 is 10.3 Å². The summed E-state index contributed by atoms with van der Waals surface area (Å²) in [5.74, 6) is 0. The van der Waals surface area contributed by atoms with Crippen molar-refractivity contribution >= 4 is 5.69 Å². The van der Waals surface area contributed by atoms with Gasteiger partial charge in [-0.05, 0) is 18.6 Å². The Kier molecular flexibility index (Phi) is 2.76. The molecular formula is C11H14N4O. The van der Waals surface area contributed by atoms with E-state index in [1.54, 1.807) is 23.0 Å². The van der Waals surface area contributed by atoms with Gasteiger partial charge >= 0.3 is 0 Å². The van der Waals surface area contributed by atoms with Crippen LogP contribution in [0.4, 0.5) is 5.69 Å². The quantitative estimate of drug-likeness (QED) is 0.822. The van der Waals surface area contributed by atoms with Gasteiger partial charge in [0.05, 0.1) is 12.7 Å². The highest BCUT2D eigenvalue weighted by Crippen LogP contribution is 1.98. The molecule has 0 fully saturated rings. The molecule has 0 aliphatic heterocycles. The van der Waals surface area contributed by atoms with E-state index in [2.05, 4.69) is 5.10 Å². The highest BCUT2D eigenvalue weighted by Gasteiger charge is 1.98. The van der Waals surface area contributed by atoms with Crippen molar-refractivity contribution in [1.82, 2.24) is 14.3 Å². The van der Waals surface area contributed by atoms with Gasteiger partial charge in [0.25, 0.3) is 5.56 Å². The molecule has 2 aromatic heterocycles. The molecule has 84 valence electrons. The molecule has 2 N–H and O–H groups in total. The molecule has 2 rings (SSSR count). The highest BCUT2D eigenvalue weighted by atomic mass is 16.1. The second-order valence-corrected chi connectivity index (χ2v) is 3.77. The van der Waals surface area contributed by atoms with Crippen molar-refractivity contribution < 1.29 is 0 Å². The molecule has 0 aliphatic rings. The van der Waals surface area contributed by atoms with Crippen LogP contribution in [-0.4, -0.2) is 14.3 Å². The molecule has 5 heteroatoms. The van der Waals surface area contributed by atoms with Crippen LogP contribution in [0.3, 0.4) is 0 Å². The Bertz CT molecular complexity index is 541. The van der Waals surface area contributed by atoms with E-state index < -0.39 is 0 Å². The smallest absolute Gasteiger partial charge is 0.250 e. The Morgan fingerprint density at radius 1 is 1.31 bits per heavy atom. The lowest BCUT2D eigenvalue weighted by Gasteiger charge is -2.06. The van der Waals surface area contributed by atoms with Gasteiger partial charge in [-0.25, -0.2) is 0 Å². The molecule has 0 radical (unpaired) electrons. The summed E-state index contributed by atoms with van der Waals surface area (Å²) in [5.41, 5.74) is 7.28. The summed E-state index contributed by atoms with van der Waals surface area (Å²) in [6, 6.07) is 3.08. The number of hydrogen-bond acceptors (Lipinski definition) is 3. The summed E-state index contributed by atoms with van der Waals surface area (Å²) in [4.78, 5) is 11.5. The Labute approximate surface area is 93.1 Å². The van der Waals surface area contributed by atoms with Crippen molar-refractivity contribution in [2.24, 2.45) is 0 Å². The van der Waals surface area contributed by atoms with Gasteiger partial charge in [0, 0.05) is 30.7 Å². The molecule has 2 heterocycles. The van der Waals surface area contributed by atoms with Gasteiger partial charge in [-0.1, -0.05) is 0 Å². The molecule has 5 nitrogen and oxygen atoms in total. The van der Waals surface area contributed by atoms with E-state index >= 15 is 0 Å². The maximum absolute atomic E-state index is 11.5. The van der Waals surface area contributed by atoms with Crippen LogP contribution in [0.25, 0.3) is 0 Å². The van der Waals surface area contributed by atoms with E-state index in [1.165, 1.54) is 6.07 Å². The number of nitrogens with zero attached hydrogens (tertiary/aromatic N) is 3. The van der Waals surface area contributed by atoms with E-state index in [1.807, 2.05) is 17.8 Å². The van der Waals surface area contributed by atoms with Gasteiger partial charge in [0.2, 0.25) is 0 Å². The van der Waals surface area contributed by atoms with E-state index in [0.717, 1.165) is 5.56 Å². The molecule has 2 aromatic rings. The second-order valence-electron chi connectivity index (χ2n) is 3.77. The van der Waals surface area contributed by atoms with Gasteiger partial charge in [0.15, 0.2) is 0 Å². The first kappa shape index (κ1) is 10.5. The standard InChI is InChI=1S/C11H14N4O/c1-9-6-13-15(7-9)5-4-14-8-10(12)2-3-11(14)16/h2-3,6-8H,4-5,12H2,1H3. The average molecular weight is 218 g/mol. The van der Waals surface area contributed by atoms with E-state index in [0.29, 0.717) is 18.8 Å². The van der Waals surface area contributed by atoms with Crippen molar-refractivity contribution in [3.05, 3.63) is 46.6 Å². The van der Waals surface area contributed by atoms with Gasteiger partial charge in [-0.2, -0.15) is 5.10 Å². The van der Waals surface area contributed by atoms with Crippen LogP contribution in [-0.2, 0) is 13.1 Å². The summed E-state index contributed by atoms with van der Waals surface area (Å²) in [5, 5.41) is 4.15. The van der Waals surface area contributed by atoms with Crippen LogP contribution in [0, 0.1) is 6.92 Å². The third-order valence-electron chi connectivity index (χ3n) is 2.34. The molecule has 0 aromatic carbocycles. The molecular weight excluding hydrogens is 204 g/mol. The van der Waals surface area contributed by atoms with Crippen LogP contribution in [0.1, 0.15) is 5.56 Å². The Morgan fingerprint density at radius 3 is 2.81 bits per heavy atom. The maximum Gasteiger partial charge on any atom is 0.250 e. The molecule has 0 spiro atoms. The van der Waals surface area contributed by atoms with E-state index in [-0.39, 0.29) is 5.56 Å². The van der Waals surface area contributed by atoms with Gasteiger partial charge in [-0.3, -0.25) is 9.48 Å². The third-order valence-corrected chi connectivity index (χ3v) is 2.34. The Hall–Kier alpha value is -2.04. The highest BCUT2D eigenvalue weighted by molar-refractivity contribution is 5.33. The van der Waals surface area contributed by atoms with Gasteiger partial charge in [-0.15, -0.1) is 0 Å². The molecule has 0 saturated heterocycles. The maximum atomic E-state index is 11.5. The zero-order valence-electron chi connectivity index (χ0n) is 9.13. The minimum Gasteiger partial charge on any atom is -0.398 e. The summed E-state index contributed by atoms with van der Waals surface area (Å²) < 4.78 is 3.40. The summed E-state index contributed by atoms with van der Waals surface area (Å²) >= 11 is 0. The number of nitrogens with two attached hydrogens (primary N) is 1. The molecule has 0 amide bonds. The number of aromatic nitrogens is 3. The number of rotatable bonds is 3. The number of pyridine rings is 1. The van der Waals surface area contributed by atoms with Crippen molar-refractivity contribution in [2.75, 3.05) is 5.73 Å². The van der Waals surface area contributed by atoms with Crippen LogP contribution >= 0.6 is 0 Å². The predicted molar refractivity (Wildman–Crippen MR) is 62.1 cm³/mol. The molecule has 0 aliphatic carbocycles. The SMILES string of the molecule is Cc1cnn(CCn2cc(N)ccc2=O)c1. The van der Waals surface area contributed by atoms with Gasteiger partial charge in [0.1, 0.15) is 0 Å². The second kappa shape index (κ2) is 4.22. The number of anilines is 1. The van der Waals surface area contributed by atoms with Crippen molar-refractivity contribution in [2.45, 2.75) is 20.0 Å². The first-order valence-corrected chi connectivity index (χ1v) is 5.10. The van der Waals surface area contributed by atoms with E-state index in [4.69, 9.17) is 5.73 Å². The molecule has 16 heavy (non-hydrogen) atoms. The third kappa shape index (κ3) is 2.31. The summed E-state index contributed by atoms with van der Waals surface area (Å²) in [6.07, 6.45) is 5.39. The predicted octanol–water partition coefficient (Wildman–Crippen LogP) is 0.636. The van der Waals surface area contributed by atoms with Crippen molar-refractivity contribution in [1.29, 1.82) is 0 Å². The lowest BCUT2D eigenvalue weighted by atomic mass is 10.4. The van der Waals surface area contributed by atoms with Crippen LogP contribution in [0.15, 0.2) is 35.5 Å². The minimum atomic E-state index is -0.0434. The first-order chi connectivity index (χ1) is 7.65. The topological polar surface area (TPSA) is 65.8 Å². The lowest BCUT2D eigenvalue weighted by Crippen LogP contribution is -2.21. The lowest BCUT2D eigenvalue weighted by molar-refractivity contribution is 0.524. The summed E-state index contributed by atoms with van der Waals surface area (Å²) in [6.45, 7) is 3.22. The molecule has 0 bridgehead atoms. The average Bonchev–Trinajstić information content (AvgIpc) is 2.66. The largest absolute Gasteiger partial charge is 0.398 e. The molecule has 0 unspecified atom stereocenters. The van der Waals surface area contributed by atoms with Crippen LogP contribution < -0.4 is 11.3 Å². The zero-order valence-corrected chi connectivity index (χ0v) is 9.13. The Balaban J connectivity index is 2.10. The number of aryl methyl sites for hydroxylation is 3. The zero-order chi connectivity index (χ0) is 11.5. The number of nitrogen functional groups attached to an aromatic ring is 1. The van der Waals surface area contributed by atoms with Crippen LogP contribution in [0.5, 0.6) is 0 Å². The fraction of sp³-hybridized carbons (Fsp3) is 0.273. The van der Waals surface area contributed by atoms with Crippen molar-refractivity contribution in [3.63, 3.8) is 0 Å². The molecule has 0 atom stereocenters. The normalized spacial score (nSPS) is 10.6. The first-order valence-electron chi connectivity index (χ1n) is 5.10. The summed E-state index contributed by atoms with van der Waals surface area (Å²) in [7, 11) is 0. The fourth-order valence-electron chi connectivity index (χ4n) is 1.52. The van der Waals surface area contributed by atoms with Crippen LogP contribution in [0.2, 0.25) is 0 Å². The number of hydrogen-bond donors (Lipinski definition) is 1. The van der Waals surface area contributed by atoms with Crippen molar-refractivity contribution in [3.8, 4) is 0 Å². The fourth-order valence-corrected chi connectivity index (χ4v) is 1.52. The minimum absolute atomic E-state index is 0.0434. The molecule has 0 saturated carbocycles. The van der Waals surface area contributed by atoms with E-state index in [9.17, 15) is 4.79 Å². The monoisotopic (exact) mass is 218 g/mol. The Morgan fingerprint density at radius 2 is 2.12 bits per heavy atom.